The van der Waals surface area contributed by atoms with E-state index in [1.54, 1.807) is 12.4 Å². The molecule has 1 aromatic carbocycles. The average molecular weight is 574 g/mol. The highest BCUT2D eigenvalue weighted by Gasteiger charge is 2.54. The van der Waals surface area contributed by atoms with Gasteiger partial charge in [0.05, 0.1) is 21.8 Å². The number of aromatic nitrogens is 4. The van der Waals surface area contributed by atoms with Crippen LogP contribution < -0.4 is 9.64 Å². The highest BCUT2D eigenvalue weighted by atomic mass is 35.5. The van der Waals surface area contributed by atoms with E-state index in [2.05, 4.69) is 25.1 Å². The zero-order valence-corrected chi connectivity index (χ0v) is 23.4. The van der Waals surface area contributed by atoms with Crippen LogP contribution >= 0.6 is 23.2 Å². The molecular weight excluding hydrogens is 547 g/mol. The largest absolute Gasteiger partial charge is 0.486 e. The Bertz CT molecular complexity index is 1620. The van der Waals surface area contributed by atoms with Gasteiger partial charge in [0.15, 0.2) is 0 Å². The summed E-state index contributed by atoms with van der Waals surface area (Å²) >= 11 is 12.7. The number of H-pyrrole nitrogens is 1. The number of benzene rings is 1. The Kier molecular flexibility index (Phi) is 6.06. The third kappa shape index (κ3) is 4.39. The molecule has 3 aromatic heterocycles. The van der Waals surface area contributed by atoms with E-state index in [9.17, 15) is 8.42 Å². The lowest BCUT2D eigenvalue weighted by Crippen LogP contribution is -2.73. The minimum absolute atomic E-state index is 0.0535. The number of sulfonamides is 1. The molecule has 1 N–H and O–H groups in total. The highest BCUT2D eigenvalue weighted by Crippen LogP contribution is 2.43. The number of hydrogen-bond donors (Lipinski definition) is 1. The SMILES string of the molecule is Cc1cc2[nH]nc(-c3ccc(N4CC5(C4)CN(S(C)(=O)=O)C5)nc3)c2cc1OC(C)c1c(Cl)cncc1Cl. The molecule has 2 aliphatic heterocycles. The standard InChI is InChI=1S/C26H26Cl2N6O3S/c1-15-6-21-18(7-22(15)37-16(2)24-19(27)9-29-10-20(24)28)25(32-31-21)17-4-5-23(30-8-17)33-11-26(12-33)13-34(14-26)38(3,35)36/h4-10,16H,11-14H2,1-3H3,(H,31,32). The molecule has 9 nitrogen and oxygen atoms in total. The van der Waals surface area contributed by atoms with Crippen LogP contribution in [0.3, 0.4) is 0 Å². The van der Waals surface area contributed by atoms with Gasteiger partial charge in [-0.25, -0.2) is 17.7 Å². The Hall–Kier alpha value is -2.92. The molecular formula is C26H26Cl2N6O3S. The fourth-order valence-electron chi connectivity index (χ4n) is 5.33. The lowest BCUT2D eigenvalue weighted by atomic mass is 9.74. The Morgan fingerprint density at radius 1 is 1.08 bits per heavy atom. The van der Waals surface area contributed by atoms with Gasteiger partial charge in [0.1, 0.15) is 23.4 Å². The number of nitrogens with zero attached hydrogens (tertiary/aromatic N) is 5. The number of hydrogen-bond acceptors (Lipinski definition) is 7. The molecule has 4 aromatic rings. The van der Waals surface area contributed by atoms with E-state index in [-0.39, 0.29) is 11.5 Å². The zero-order chi connectivity index (χ0) is 26.8. The zero-order valence-electron chi connectivity index (χ0n) is 21.1. The first kappa shape index (κ1) is 25.4. The smallest absolute Gasteiger partial charge is 0.211 e. The molecule has 2 fully saturated rings. The van der Waals surface area contributed by atoms with Crippen LogP contribution in [0.15, 0.2) is 42.9 Å². The summed E-state index contributed by atoms with van der Waals surface area (Å²) in [5.41, 5.74) is 4.24. The molecule has 198 valence electrons. The number of pyridine rings is 2. The van der Waals surface area contributed by atoms with E-state index in [1.165, 1.54) is 10.6 Å². The van der Waals surface area contributed by atoms with Gasteiger partial charge >= 0.3 is 0 Å². The first-order chi connectivity index (χ1) is 18.0. The minimum atomic E-state index is -3.11. The number of ether oxygens (including phenoxy) is 1. The van der Waals surface area contributed by atoms with Crippen molar-refractivity contribution in [3.8, 4) is 17.0 Å². The Balaban J connectivity index is 1.20. The predicted octanol–water partition coefficient (Wildman–Crippen LogP) is 4.86. The molecule has 0 radical (unpaired) electrons. The van der Waals surface area contributed by atoms with E-state index in [4.69, 9.17) is 27.9 Å². The lowest BCUT2D eigenvalue weighted by molar-refractivity contribution is 0.0395. The van der Waals surface area contributed by atoms with Crippen LogP contribution in [0, 0.1) is 12.3 Å². The molecule has 0 amide bonds. The summed E-state index contributed by atoms with van der Waals surface area (Å²) in [5, 5.41) is 9.49. The second-order valence-electron chi connectivity index (χ2n) is 10.3. The molecule has 0 saturated carbocycles. The molecule has 0 bridgehead atoms. The molecule has 2 saturated heterocycles. The fraction of sp³-hybridized carbons (Fsp3) is 0.346. The van der Waals surface area contributed by atoms with E-state index >= 15 is 0 Å². The molecule has 6 rings (SSSR count). The van der Waals surface area contributed by atoms with Crippen molar-refractivity contribution in [1.29, 1.82) is 0 Å². The van der Waals surface area contributed by atoms with Crippen molar-refractivity contribution >= 4 is 49.9 Å². The number of halogens is 2. The van der Waals surface area contributed by atoms with Crippen molar-refractivity contribution in [3.05, 3.63) is 64.0 Å². The van der Waals surface area contributed by atoms with Crippen LogP contribution in [-0.4, -0.2) is 65.3 Å². The third-order valence-electron chi connectivity index (χ3n) is 7.35. The summed E-state index contributed by atoms with van der Waals surface area (Å²) in [6, 6.07) is 7.96. The number of aromatic amines is 1. The highest BCUT2D eigenvalue weighted by molar-refractivity contribution is 7.88. The summed E-state index contributed by atoms with van der Waals surface area (Å²) in [7, 11) is -3.11. The molecule has 1 spiro atoms. The van der Waals surface area contributed by atoms with Crippen molar-refractivity contribution in [2.75, 3.05) is 37.3 Å². The fourth-order valence-corrected chi connectivity index (χ4v) is 7.02. The number of nitrogens with one attached hydrogen (secondary N) is 1. The maximum absolute atomic E-state index is 11.7. The molecule has 5 heterocycles. The van der Waals surface area contributed by atoms with Crippen LogP contribution in [0.1, 0.15) is 24.2 Å². The van der Waals surface area contributed by atoms with Crippen LogP contribution in [0.25, 0.3) is 22.2 Å². The summed E-state index contributed by atoms with van der Waals surface area (Å²) in [6.45, 7) is 6.66. The number of aryl methyl sites for hydroxylation is 1. The van der Waals surface area contributed by atoms with Gasteiger partial charge in [-0.3, -0.25) is 10.1 Å². The lowest BCUT2D eigenvalue weighted by Gasteiger charge is -2.59. The molecule has 1 atom stereocenters. The van der Waals surface area contributed by atoms with Crippen LogP contribution in [0.4, 0.5) is 5.82 Å². The Labute approximate surface area is 230 Å². The second-order valence-corrected chi connectivity index (χ2v) is 13.1. The minimum Gasteiger partial charge on any atom is -0.486 e. The summed E-state index contributed by atoms with van der Waals surface area (Å²) < 4.78 is 31.2. The molecule has 0 aliphatic carbocycles. The summed E-state index contributed by atoms with van der Waals surface area (Å²) in [6.07, 6.45) is 5.81. The maximum atomic E-state index is 11.7. The Morgan fingerprint density at radius 3 is 2.42 bits per heavy atom. The number of anilines is 1. The van der Waals surface area contributed by atoms with Crippen molar-refractivity contribution in [1.82, 2.24) is 24.5 Å². The topological polar surface area (TPSA) is 104 Å². The quantitative estimate of drug-likeness (QED) is 0.352. The number of rotatable bonds is 6. The first-order valence-corrected chi connectivity index (χ1v) is 14.7. The van der Waals surface area contributed by atoms with Crippen molar-refractivity contribution in [2.24, 2.45) is 5.41 Å². The van der Waals surface area contributed by atoms with Gasteiger partial charge in [-0.1, -0.05) is 23.2 Å². The van der Waals surface area contributed by atoms with Gasteiger partial charge in [0, 0.05) is 66.7 Å². The Morgan fingerprint density at radius 2 is 1.79 bits per heavy atom. The van der Waals surface area contributed by atoms with Gasteiger partial charge in [0.2, 0.25) is 10.0 Å². The van der Waals surface area contributed by atoms with Gasteiger partial charge in [-0.15, -0.1) is 0 Å². The predicted molar refractivity (Wildman–Crippen MR) is 148 cm³/mol. The summed E-state index contributed by atoms with van der Waals surface area (Å²) in [4.78, 5) is 10.9. The van der Waals surface area contributed by atoms with Gasteiger partial charge < -0.3 is 9.64 Å². The van der Waals surface area contributed by atoms with Gasteiger partial charge in [-0.2, -0.15) is 5.10 Å². The van der Waals surface area contributed by atoms with Crippen molar-refractivity contribution < 1.29 is 13.2 Å². The molecule has 1 unspecified atom stereocenters. The average Bonchev–Trinajstić information content (AvgIpc) is 3.19. The third-order valence-corrected chi connectivity index (χ3v) is 9.15. The number of fused-ring (bicyclic) bond motifs is 1. The van der Waals surface area contributed by atoms with Crippen LogP contribution in [0.5, 0.6) is 5.75 Å². The van der Waals surface area contributed by atoms with Gasteiger partial charge in [0.25, 0.3) is 0 Å². The van der Waals surface area contributed by atoms with E-state index in [0.29, 0.717) is 34.4 Å². The maximum Gasteiger partial charge on any atom is 0.211 e. The van der Waals surface area contributed by atoms with Crippen LogP contribution in [0.2, 0.25) is 10.0 Å². The van der Waals surface area contributed by atoms with E-state index in [0.717, 1.165) is 46.6 Å². The molecule has 38 heavy (non-hydrogen) atoms. The van der Waals surface area contributed by atoms with Gasteiger partial charge in [-0.05, 0) is 43.7 Å². The second kappa shape index (κ2) is 9.08. The molecule has 12 heteroatoms. The molecule has 2 aliphatic rings. The van der Waals surface area contributed by atoms with E-state index < -0.39 is 10.0 Å². The van der Waals surface area contributed by atoms with Crippen LogP contribution in [-0.2, 0) is 10.0 Å². The normalized spacial score (nSPS) is 17.9. The first-order valence-electron chi connectivity index (χ1n) is 12.1. The van der Waals surface area contributed by atoms with Crippen molar-refractivity contribution in [2.45, 2.75) is 20.0 Å². The van der Waals surface area contributed by atoms with Crippen molar-refractivity contribution in [3.63, 3.8) is 0 Å². The van der Waals surface area contributed by atoms with E-state index in [1.807, 2.05) is 44.3 Å². The summed E-state index contributed by atoms with van der Waals surface area (Å²) in [5.74, 6) is 1.58. The monoisotopic (exact) mass is 572 g/mol.